The summed E-state index contributed by atoms with van der Waals surface area (Å²) < 4.78 is 5.61. The van der Waals surface area contributed by atoms with Crippen LogP contribution in [0.15, 0.2) is 29.1 Å². The monoisotopic (exact) mass is 334 g/mol. The van der Waals surface area contributed by atoms with Gasteiger partial charge in [0.05, 0.1) is 12.3 Å². The summed E-state index contributed by atoms with van der Waals surface area (Å²) in [5.41, 5.74) is 1.97. The Labute approximate surface area is 142 Å². The number of aromatic nitrogens is 1. The number of hydrogen-bond donors (Lipinski definition) is 1. The van der Waals surface area contributed by atoms with Crippen LogP contribution >= 0.6 is 11.3 Å². The van der Waals surface area contributed by atoms with Gasteiger partial charge in [0, 0.05) is 11.4 Å². The van der Waals surface area contributed by atoms with Gasteiger partial charge >= 0.3 is 4.87 Å². The fourth-order valence-corrected chi connectivity index (χ4v) is 3.33. The minimum absolute atomic E-state index is 0.00482. The third-order valence-electron chi connectivity index (χ3n) is 3.64. The highest BCUT2D eigenvalue weighted by molar-refractivity contribution is 7.09. The standard InChI is InChI=1S/C18H26N2O2S/c1-4-6-11-20(3)13-16-17(19-18(21)23-16)14-7-9-15(10-8-14)22-12-5-2/h7-10H,4-6,11-13H2,1-3H3,(H,19,21). The van der Waals surface area contributed by atoms with Gasteiger partial charge in [-0.1, -0.05) is 31.6 Å². The minimum Gasteiger partial charge on any atom is -0.494 e. The van der Waals surface area contributed by atoms with Crippen LogP contribution < -0.4 is 9.61 Å². The number of thiazole rings is 1. The van der Waals surface area contributed by atoms with Crippen LogP contribution in [0.3, 0.4) is 0 Å². The largest absolute Gasteiger partial charge is 0.494 e. The molecule has 1 aromatic carbocycles. The van der Waals surface area contributed by atoms with Crippen LogP contribution in [-0.4, -0.2) is 30.1 Å². The van der Waals surface area contributed by atoms with Gasteiger partial charge in [-0.3, -0.25) is 4.79 Å². The average Bonchev–Trinajstić information content (AvgIpc) is 2.91. The van der Waals surface area contributed by atoms with Crippen molar-refractivity contribution in [1.82, 2.24) is 9.88 Å². The number of aromatic amines is 1. The molecule has 0 unspecified atom stereocenters. The summed E-state index contributed by atoms with van der Waals surface area (Å²) in [4.78, 5) is 18.2. The number of rotatable bonds is 9. The Morgan fingerprint density at radius 3 is 2.57 bits per heavy atom. The summed E-state index contributed by atoms with van der Waals surface area (Å²) in [6.07, 6.45) is 3.35. The van der Waals surface area contributed by atoms with Gasteiger partial charge < -0.3 is 14.6 Å². The molecule has 5 heteroatoms. The van der Waals surface area contributed by atoms with Crippen LogP contribution in [0.25, 0.3) is 11.3 Å². The summed E-state index contributed by atoms with van der Waals surface area (Å²) in [7, 11) is 2.10. The highest BCUT2D eigenvalue weighted by Gasteiger charge is 2.12. The highest BCUT2D eigenvalue weighted by Crippen LogP contribution is 2.26. The van der Waals surface area contributed by atoms with Crippen LogP contribution in [0.1, 0.15) is 38.0 Å². The zero-order valence-electron chi connectivity index (χ0n) is 14.2. The van der Waals surface area contributed by atoms with E-state index >= 15 is 0 Å². The molecule has 0 aliphatic heterocycles. The Balaban J connectivity index is 2.14. The molecule has 1 aromatic heterocycles. The van der Waals surface area contributed by atoms with Crippen molar-refractivity contribution in [3.05, 3.63) is 38.8 Å². The molecule has 0 fully saturated rings. The molecule has 0 radical (unpaired) electrons. The van der Waals surface area contributed by atoms with E-state index in [1.54, 1.807) is 0 Å². The molecule has 0 amide bonds. The van der Waals surface area contributed by atoms with Gasteiger partial charge in [0.25, 0.3) is 0 Å². The first kappa shape index (κ1) is 17.8. The van der Waals surface area contributed by atoms with Crippen molar-refractivity contribution in [2.45, 2.75) is 39.7 Å². The third kappa shape index (κ3) is 5.22. The van der Waals surface area contributed by atoms with Crippen LogP contribution in [0.2, 0.25) is 0 Å². The van der Waals surface area contributed by atoms with E-state index in [1.165, 1.54) is 24.2 Å². The van der Waals surface area contributed by atoms with Crippen molar-refractivity contribution >= 4 is 11.3 Å². The van der Waals surface area contributed by atoms with E-state index in [-0.39, 0.29) is 4.87 Å². The Morgan fingerprint density at radius 1 is 1.17 bits per heavy atom. The Kier molecular flexibility index (Phi) is 6.86. The Morgan fingerprint density at radius 2 is 1.91 bits per heavy atom. The van der Waals surface area contributed by atoms with E-state index in [0.717, 1.165) is 48.0 Å². The van der Waals surface area contributed by atoms with Crippen LogP contribution in [0, 0.1) is 0 Å². The van der Waals surface area contributed by atoms with Gasteiger partial charge in [-0.05, 0) is 56.3 Å². The third-order valence-corrected chi connectivity index (χ3v) is 4.51. The molecule has 2 aromatic rings. The summed E-state index contributed by atoms with van der Waals surface area (Å²) in [5.74, 6) is 0.870. The zero-order chi connectivity index (χ0) is 16.7. The van der Waals surface area contributed by atoms with Gasteiger partial charge in [0.1, 0.15) is 5.75 Å². The molecule has 0 atom stereocenters. The Hall–Kier alpha value is -1.59. The first-order valence-corrected chi connectivity index (χ1v) is 9.09. The summed E-state index contributed by atoms with van der Waals surface area (Å²) in [6.45, 7) is 6.85. The molecule has 23 heavy (non-hydrogen) atoms. The van der Waals surface area contributed by atoms with Crippen molar-refractivity contribution in [3.63, 3.8) is 0 Å². The lowest BCUT2D eigenvalue weighted by atomic mass is 10.1. The molecule has 0 aliphatic carbocycles. The average molecular weight is 334 g/mol. The van der Waals surface area contributed by atoms with Crippen LogP contribution in [-0.2, 0) is 6.54 Å². The molecular weight excluding hydrogens is 308 g/mol. The number of ether oxygens (including phenoxy) is 1. The second-order valence-electron chi connectivity index (χ2n) is 5.78. The van der Waals surface area contributed by atoms with Gasteiger partial charge in [0.15, 0.2) is 0 Å². The molecular formula is C18H26N2O2S. The predicted molar refractivity (Wildman–Crippen MR) is 97.4 cm³/mol. The lowest BCUT2D eigenvalue weighted by Crippen LogP contribution is -2.18. The first-order valence-electron chi connectivity index (χ1n) is 8.27. The summed E-state index contributed by atoms with van der Waals surface area (Å²) in [5, 5.41) is 0. The molecule has 0 saturated heterocycles. The fourth-order valence-electron chi connectivity index (χ4n) is 2.39. The van der Waals surface area contributed by atoms with Crippen molar-refractivity contribution in [3.8, 4) is 17.0 Å². The van der Waals surface area contributed by atoms with E-state index in [2.05, 4.69) is 30.8 Å². The van der Waals surface area contributed by atoms with Crippen molar-refractivity contribution in [2.75, 3.05) is 20.2 Å². The molecule has 1 heterocycles. The van der Waals surface area contributed by atoms with Gasteiger partial charge in [-0.25, -0.2) is 0 Å². The topological polar surface area (TPSA) is 45.3 Å². The molecule has 0 saturated carbocycles. The van der Waals surface area contributed by atoms with E-state index < -0.39 is 0 Å². The molecule has 0 bridgehead atoms. The quantitative estimate of drug-likeness (QED) is 0.750. The number of benzene rings is 1. The van der Waals surface area contributed by atoms with Gasteiger partial charge in [-0.2, -0.15) is 0 Å². The van der Waals surface area contributed by atoms with Crippen LogP contribution in [0.4, 0.5) is 0 Å². The zero-order valence-corrected chi connectivity index (χ0v) is 15.0. The maximum atomic E-state index is 11.8. The van der Waals surface area contributed by atoms with Crippen molar-refractivity contribution < 1.29 is 4.74 Å². The smallest absolute Gasteiger partial charge is 0.305 e. The molecule has 0 spiro atoms. The molecule has 2 rings (SSSR count). The minimum atomic E-state index is 0.00482. The number of unbranched alkanes of at least 4 members (excludes halogenated alkanes) is 1. The lowest BCUT2D eigenvalue weighted by Gasteiger charge is -2.15. The second-order valence-corrected chi connectivity index (χ2v) is 6.84. The maximum absolute atomic E-state index is 11.8. The van der Waals surface area contributed by atoms with Crippen molar-refractivity contribution in [2.24, 2.45) is 0 Å². The van der Waals surface area contributed by atoms with Crippen LogP contribution in [0.5, 0.6) is 5.75 Å². The molecule has 1 N–H and O–H groups in total. The van der Waals surface area contributed by atoms with E-state index in [4.69, 9.17) is 4.74 Å². The number of nitrogens with zero attached hydrogens (tertiary/aromatic N) is 1. The van der Waals surface area contributed by atoms with E-state index in [9.17, 15) is 4.79 Å². The van der Waals surface area contributed by atoms with E-state index in [1.807, 2.05) is 24.3 Å². The molecule has 0 aliphatic rings. The van der Waals surface area contributed by atoms with Gasteiger partial charge in [0.2, 0.25) is 0 Å². The maximum Gasteiger partial charge on any atom is 0.305 e. The predicted octanol–water partition coefficient (Wildman–Crippen LogP) is 4.12. The molecule has 126 valence electrons. The first-order chi connectivity index (χ1) is 11.1. The number of hydrogen-bond acceptors (Lipinski definition) is 4. The second kappa shape index (κ2) is 8.89. The fraction of sp³-hybridized carbons (Fsp3) is 0.500. The Bertz CT molecular complexity index is 646. The number of nitrogens with one attached hydrogen (secondary N) is 1. The summed E-state index contributed by atoms with van der Waals surface area (Å²) >= 11 is 1.31. The highest BCUT2D eigenvalue weighted by atomic mass is 32.1. The number of H-pyrrole nitrogens is 1. The van der Waals surface area contributed by atoms with E-state index in [0.29, 0.717) is 0 Å². The normalized spacial score (nSPS) is 11.1. The molecule has 4 nitrogen and oxygen atoms in total. The van der Waals surface area contributed by atoms with Crippen molar-refractivity contribution in [1.29, 1.82) is 0 Å². The van der Waals surface area contributed by atoms with Gasteiger partial charge in [-0.15, -0.1) is 0 Å². The summed E-state index contributed by atoms with van der Waals surface area (Å²) in [6, 6.07) is 7.95. The lowest BCUT2D eigenvalue weighted by molar-refractivity contribution is 0.317. The SMILES string of the molecule is CCCCN(C)Cc1sc(=O)[nH]c1-c1ccc(OCCC)cc1.